The molecule has 1 N–H and O–H groups in total. The molecule has 4 heteroatoms. The Morgan fingerprint density at radius 2 is 2.19 bits per heavy atom. The molecule has 0 fully saturated rings. The largest absolute Gasteiger partial charge is 0.357 e. The van der Waals surface area contributed by atoms with Crippen LogP contribution in [0.3, 0.4) is 0 Å². The summed E-state index contributed by atoms with van der Waals surface area (Å²) in [6.45, 7) is 3.56. The molecule has 0 aliphatic rings. The summed E-state index contributed by atoms with van der Waals surface area (Å²) < 4.78 is 0. The second-order valence-corrected chi connectivity index (χ2v) is 4.13. The Morgan fingerprint density at radius 1 is 1.44 bits per heavy atom. The smallest absolute Gasteiger partial charge is 0.193 e. The molecular formula is C12H18ClN3. The topological polar surface area (TPSA) is 27.6 Å². The molecule has 0 amide bonds. The van der Waals surface area contributed by atoms with Gasteiger partial charge in [0.1, 0.15) is 0 Å². The fraction of sp³-hybridized carbons (Fsp3) is 0.417. The van der Waals surface area contributed by atoms with E-state index in [1.807, 2.05) is 43.3 Å². The van der Waals surface area contributed by atoms with Crippen LogP contribution in [0.4, 0.5) is 0 Å². The van der Waals surface area contributed by atoms with E-state index in [4.69, 9.17) is 11.6 Å². The third-order valence-corrected chi connectivity index (χ3v) is 2.29. The fourth-order valence-electron chi connectivity index (χ4n) is 1.32. The van der Waals surface area contributed by atoms with Crippen LogP contribution in [0.2, 0.25) is 5.02 Å². The van der Waals surface area contributed by atoms with Gasteiger partial charge in [0.15, 0.2) is 5.96 Å². The van der Waals surface area contributed by atoms with Crippen molar-refractivity contribution < 1.29 is 0 Å². The van der Waals surface area contributed by atoms with Gasteiger partial charge in [-0.25, -0.2) is 4.99 Å². The van der Waals surface area contributed by atoms with Crippen molar-refractivity contribution in [3.05, 3.63) is 34.9 Å². The first-order valence-electron chi connectivity index (χ1n) is 5.33. The number of halogens is 1. The maximum absolute atomic E-state index is 5.91. The molecule has 0 bridgehead atoms. The molecule has 1 aromatic carbocycles. The summed E-state index contributed by atoms with van der Waals surface area (Å²) in [5.41, 5.74) is 1.12. The molecule has 1 aromatic rings. The van der Waals surface area contributed by atoms with Crippen molar-refractivity contribution in [2.24, 2.45) is 4.99 Å². The van der Waals surface area contributed by atoms with E-state index in [9.17, 15) is 0 Å². The van der Waals surface area contributed by atoms with Gasteiger partial charge in [0.05, 0.1) is 6.54 Å². The van der Waals surface area contributed by atoms with Crippen molar-refractivity contribution in [3.8, 4) is 0 Å². The van der Waals surface area contributed by atoms with Crippen molar-refractivity contribution in [2.75, 3.05) is 20.6 Å². The second-order valence-electron chi connectivity index (χ2n) is 3.69. The predicted octanol–water partition coefficient (Wildman–Crippen LogP) is 2.37. The van der Waals surface area contributed by atoms with Crippen LogP contribution in [0.15, 0.2) is 29.3 Å². The molecule has 0 aliphatic carbocycles. The second kappa shape index (κ2) is 6.38. The molecule has 0 atom stereocenters. The van der Waals surface area contributed by atoms with E-state index >= 15 is 0 Å². The van der Waals surface area contributed by atoms with E-state index in [1.165, 1.54) is 0 Å². The van der Waals surface area contributed by atoms with E-state index in [2.05, 4.69) is 17.2 Å². The van der Waals surface area contributed by atoms with Gasteiger partial charge >= 0.3 is 0 Å². The molecule has 0 aliphatic heterocycles. The van der Waals surface area contributed by atoms with Crippen molar-refractivity contribution in [2.45, 2.75) is 13.5 Å². The number of guanidine groups is 1. The van der Waals surface area contributed by atoms with Crippen LogP contribution in [0.5, 0.6) is 0 Å². The van der Waals surface area contributed by atoms with Gasteiger partial charge in [-0.2, -0.15) is 0 Å². The van der Waals surface area contributed by atoms with E-state index in [0.717, 1.165) is 23.1 Å². The Kier molecular flexibility index (Phi) is 5.12. The van der Waals surface area contributed by atoms with Crippen molar-refractivity contribution in [3.63, 3.8) is 0 Å². The Labute approximate surface area is 102 Å². The first-order valence-corrected chi connectivity index (χ1v) is 5.71. The SMILES string of the molecule is CCNC(=NCc1cccc(Cl)c1)N(C)C. The minimum absolute atomic E-state index is 0.640. The highest BCUT2D eigenvalue weighted by molar-refractivity contribution is 6.30. The molecule has 88 valence electrons. The molecule has 16 heavy (non-hydrogen) atoms. The average molecular weight is 240 g/mol. The zero-order chi connectivity index (χ0) is 12.0. The minimum Gasteiger partial charge on any atom is -0.357 e. The van der Waals surface area contributed by atoms with Crippen LogP contribution in [0, 0.1) is 0 Å². The fourth-order valence-corrected chi connectivity index (χ4v) is 1.53. The van der Waals surface area contributed by atoms with Crippen LogP contribution in [-0.4, -0.2) is 31.5 Å². The standard InChI is InChI=1S/C12H18ClN3/c1-4-14-12(16(2)3)15-9-10-6-5-7-11(13)8-10/h5-8H,4,9H2,1-3H3,(H,14,15). The highest BCUT2D eigenvalue weighted by Crippen LogP contribution is 2.11. The molecule has 0 saturated heterocycles. The number of nitrogens with zero attached hydrogens (tertiary/aromatic N) is 2. The molecule has 0 spiro atoms. The number of aliphatic imine (C=N–C) groups is 1. The monoisotopic (exact) mass is 239 g/mol. The lowest BCUT2D eigenvalue weighted by atomic mass is 10.2. The van der Waals surface area contributed by atoms with Crippen LogP contribution in [0.1, 0.15) is 12.5 Å². The third-order valence-electron chi connectivity index (χ3n) is 2.06. The molecule has 0 unspecified atom stereocenters. The van der Waals surface area contributed by atoms with Gasteiger partial charge in [0, 0.05) is 25.7 Å². The molecular weight excluding hydrogens is 222 g/mol. The molecule has 0 saturated carbocycles. The van der Waals surface area contributed by atoms with Crippen molar-refractivity contribution in [1.82, 2.24) is 10.2 Å². The number of hydrogen-bond donors (Lipinski definition) is 1. The number of rotatable bonds is 3. The van der Waals surface area contributed by atoms with E-state index in [1.54, 1.807) is 0 Å². The zero-order valence-corrected chi connectivity index (χ0v) is 10.8. The number of benzene rings is 1. The van der Waals surface area contributed by atoms with Gasteiger partial charge in [0.2, 0.25) is 0 Å². The summed E-state index contributed by atoms with van der Waals surface area (Å²) in [5, 5.41) is 3.96. The zero-order valence-electron chi connectivity index (χ0n) is 10.00. The summed E-state index contributed by atoms with van der Waals surface area (Å²) in [6, 6.07) is 7.76. The number of nitrogens with one attached hydrogen (secondary N) is 1. The van der Waals surface area contributed by atoms with E-state index < -0.39 is 0 Å². The van der Waals surface area contributed by atoms with Crippen LogP contribution >= 0.6 is 11.6 Å². The van der Waals surface area contributed by atoms with Crippen LogP contribution in [0.25, 0.3) is 0 Å². The summed E-state index contributed by atoms with van der Waals surface area (Å²) >= 11 is 5.91. The summed E-state index contributed by atoms with van der Waals surface area (Å²) in [5.74, 6) is 0.891. The lowest BCUT2D eigenvalue weighted by Crippen LogP contribution is -2.36. The van der Waals surface area contributed by atoms with Gasteiger partial charge in [-0.3, -0.25) is 0 Å². The lowest BCUT2D eigenvalue weighted by molar-refractivity contribution is 0.583. The van der Waals surface area contributed by atoms with E-state index in [-0.39, 0.29) is 0 Å². The number of hydrogen-bond acceptors (Lipinski definition) is 1. The van der Waals surface area contributed by atoms with Crippen molar-refractivity contribution in [1.29, 1.82) is 0 Å². The molecule has 1 rings (SSSR count). The highest BCUT2D eigenvalue weighted by Gasteiger charge is 1.99. The first kappa shape index (κ1) is 12.8. The Balaban J connectivity index is 2.69. The third kappa shape index (κ3) is 4.11. The van der Waals surface area contributed by atoms with Gasteiger partial charge in [-0.05, 0) is 24.6 Å². The van der Waals surface area contributed by atoms with Gasteiger partial charge < -0.3 is 10.2 Å². The van der Waals surface area contributed by atoms with E-state index in [0.29, 0.717) is 6.54 Å². The summed E-state index contributed by atoms with van der Waals surface area (Å²) in [6.07, 6.45) is 0. The molecule has 0 aromatic heterocycles. The predicted molar refractivity (Wildman–Crippen MR) is 70.0 cm³/mol. The van der Waals surface area contributed by atoms with Gasteiger partial charge in [0.25, 0.3) is 0 Å². The Bertz CT molecular complexity index is 361. The van der Waals surface area contributed by atoms with Gasteiger partial charge in [-0.15, -0.1) is 0 Å². The summed E-state index contributed by atoms with van der Waals surface area (Å²) in [7, 11) is 3.94. The molecule has 0 radical (unpaired) electrons. The maximum atomic E-state index is 5.91. The Morgan fingerprint density at radius 3 is 2.75 bits per heavy atom. The normalized spacial score (nSPS) is 11.4. The minimum atomic E-state index is 0.640. The molecule has 3 nitrogen and oxygen atoms in total. The lowest BCUT2D eigenvalue weighted by Gasteiger charge is -2.16. The highest BCUT2D eigenvalue weighted by atomic mass is 35.5. The van der Waals surface area contributed by atoms with Crippen molar-refractivity contribution >= 4 is 17.6 Å². The first-order chi connectivity index (χ1) is 7.63. The quantitative estimate of drug-likeness (QED) is 0.648. The summed E-state index contributed by atoms with van der Waals surface area (Å²) in [4.78, 5) is 6.46. The van der Waals surface area contributed by atoms with Crippen LogP contribution < -0.4 is 5.32 Å². The Hall–Kier alpha value is -1.22. The van der Waals surface area contributed by atoms with Crippen LogP contribution in [-0.2, 0) is 6.54 Å². The average Bonchev–Trinajstić information content (AvgIpc) is 2.24. The van der Waals surface area contributed by atoms with Gasteiger partial charge in [-0.1, -0.05) is 23.7 Å². The molecule has 0 heterocycles. The maximum Gasteiger partial charge on any atom is 0.193 e.